The van der Waals surface area contributed by atoms with Crippen molar-refractivity contribution in [2.24, 2.45) is 0 Å². The molecule has 0 fully saturated rings. The molecule has 5 rings (SSSR count). The molecule has 4 aromatic rings. The Morgan fingerprint density at radius 1 is 0.643 bits per heavy atom. The lowest BCUT2D eigenvalue weighted by molar-refractivity contribution is -0.137. The van der Waals surface area contributed by atoms with E-state index in [4.69, 9.17) is 0 Å². The van der Waals surface area contributed by atoms with Crippen LogP contribution in [-0.2, 0) is 19.0 Å². The van der Waals surface area contributed by atoms with Gasteiger partial charge in [0.2, 0.25) is 0 Å². The molecule has 1 aliphatic carbocycles. The van der Waals surface area contributed by atoms with Crippen molar-refractivity contribution in [2.45, 2.75) is 31.9 Å². The maximum atomic E-state index is 13.0. The van der Waals surface area contributed by atoms with Crippen molar-refractivity contribution in [1.82, 2.24) is 0 Å². The van der Waals surface area contributed by atoms with E-state index in [1.165, 1.54) is 46.9 Å². The number of rotatable bonds is 1. The molecule has 0 saturated carbocycles. The van der Waals surface area contributed by atoms with Gasteiger partial charge in [0, 0.05) is 0 Å². The Morgan fingerprint density at radius 2 is 1.39 bits per heavy atom. The molecule has 0 aliphatic heterocycles. The fourth-order valence-corrected chi connectivity index (χ4v) is 4.46. The zero-order chi connectivity index (χ0) is 19.3. The van der Waals surface area contributed by atoms with Crippen LogP contribution in [-0.4, -0.2) is 0 Å². The molecule has 28 heavy (non-hydrogen) atoms. The molecule has 0 atom stereocenters. The summed E-state index contributed by atoms with van der Waals surface area (Å²) < 4.78 is 39.1. The van der Waals surface area contributed by atoms with Crippen LogP contribution in [0.15, 0.2) is 66.7 Å². The van der Waals surface area contributed by atoms with Crippen molar-refractivity contribution in [3.8, 4) is 11.1 Å². The van der Waals surface area contributed by atoms with Crippen LogP contribution < -0.4 is 0 Å². The zero-order valence-corrected chi connectivity index (χ0v) is 15.3. The Morgan fingerprint density at radius 3 is 2.25 bits per heavy atom. The molecule has 0 N–H and O–H groups in total. The molecule has 4 aromatic carbocycles. The van der Waals surface area contributed by atoms with Gasteiger partial charge in [-0.3, -0.25) is 0 Å². The summed E-state index contributed by atoms with van der Waals surface area (Å²) >= 11 is 0. The molecule has 0 radical (unpaired) electrons. The van der Waals surface area contributed by atoms with Gasteiger partial charge in [0.15, 0.2) is 0 Å². The van der Waals surface area contributed by atoms with E-state index in [0.29, 0.717) is 5.56 Å². The van der Waals surface area contributed by atoms with Gasteiger partial charge in [-0.2, -0.15) is 13.2 Å². The molecular formula is C25H19F3. The van der Waals surface area contributed by atoms with E-state index in [1.807, 2.05) is 18.2 Å². The second-order valence-corrected chi connectivity index (χ2v) is 7.59. The number of hydrogen-bond acceptors (Lipinski definition) is 0. The van der Waals surface area contributed by atoms with Gasteiger partial charge in [0.1, 0.15) is 0 Å². The van der Waals surface area contributed by atoms with Gasteiger partial charge in [0.05, 0.1) is 5.56 Å². The minimum absolute atomic E-state index is 0.585. The molecular weight excluding hydrogens is 357 g/mol. The van der Waals surface area contributed by atoms with Gasteiger partial charge in [0.25, 0.3) is 0 Å². The summed E-state index contributed by atoms with van der Waals surface area (Å²) in [7, 11) is 0. The Hall–Kier alpha value is -2.81. The second kappa shape index (κ2) is 6.37. The van der Waals surface area contributed by atoms with Crippen LogP contribution in [0.4, 0.5) is 13.2 Å². The Kier molecular flexibility index (Phi) is 3.94. The normalized spacial score (nSPS) is 14.4. The van der Waals surface area contributed by atoms with Crippen molar-refractivity contribution in [2.75, 3.05) is 0 Å². The van der Waals surface area contributed by atoms with Crippen LogP contribution in [0, 0.1) is 0 Å². The third-order valence-corrected chi connectivity index (χ3v) is 5.87. The lowest BCUT2D eigenvalue weighted by Gasteiger charge is -2.19. The first kappa shape index (κ1) is 17.3. The van der Waals surface area contributed by atoms with Crippen LogP contribution in [0.3, 0.4) is 0 Å². The molecule has 0 bridgehead atoms. The van der Waals surface area contributed by atoms with Crippen molar-refractivity contribution in [1.29, 1.82) is 0 Å². The highest BCUT2D eigenvalue weighted by Gasteiger charge is 2.30. The highest BCUT2D eigenvalue weighted by molar-refractivity contribution is 6.09. The van der Waals surface area contributed by atoms with E-state index in [2.05, 4.69) is 24.3 Å². The highest BCUT2D eigenvalue weighted by Crippen LogP contribution is 2.36. The number of aryl methyl sites for hydroxylation is 2. The first-order valence-corrected chi connectivity index (χ1v) is 9.65. The van der Waals surface area contributed by atoms with Crippen LogP contribution in [0.2, 0.25) is 0 Å². The molecule has 0 unspecified atom stereocenters. The second-order valence-electron chi connectivity index (χ2n) is 7.59. The number of halogens is 3. The van der Waals surface area contributed by atoms with Crippen molar-refractivity contribution in [3.63, 3.8) is 0 Å². The Bertz CT molecular complexity index is 1200. The van der Waals surface area contributed by atoms with Crippen LogP contribution in [0.25, 0.3) is 32.7 Å². The molecule has 0 aromatic heterocycles. The third kappa shape index (κ3) is 2.86. The molecule has 0 spiro atoms. The molecule has 0 saturated heterocycles. The largest absolute Gasteiger partial charge is 0.416 e. The molecule has 1 aliphatic rings. The van der Waals surface area contributed by atoms with Crippen molar-refractivity contribution < 1.29 is 13.2 Å². The number of hydrogen-bond donors (Lipinski definition) is 0. The van der Waals surface area contributed by atoms with E-state index < -0.39 is 11.7 Å². The van der Waals surface area contributed by atoms with Gasteiger partial charge < -0.3 is 0 Å². The average Bonchev–Trinajstić information content (AvgIpc) is 2.72. The zero-order valence-electron chi connectivity index (χ0n) is 15.3. The topological polar surface area (TPSA) is 0 Å². The number of fused-ring (bicyclic) bond motifs is 5. The van der Waals surface area contributed by atoms with Gasteiger partial charge in [-0.05, 0) is 87.7 Å². The smallest absolute Gasteiger partial charge is 0.166 e. The number of benzene rings is 4. The summed E-state index contributed by atoms with van der Waals surface area (Å²) in [5.41, 5.74) is 3.69. The van der Waals surface area contributed by atoms with E-state index in [9.17, 15) is 13.2 Å². The quantitative estimate of drug-likeness (QED) is 0.301. The van der Waals surface area contributed by atoms with E-state index >= 15 is 0 Å². The molecule has 0 amide bonds. The van der Waals surface area contributed by atoms with Crippen LogP contribution in [0.5, 0.6) is 0 Å². The van der Waals surface area contributed by atoms with Gasteiger partial charge in [-0.25, -0.2) is 0 Å². The average molecular weight is 376 g/mol. The SMILES string of the molecule is FC(F)(F)c1cccc(-c2ccc3c(ccc4c5c(ccc43)CCCC5)c2)c1. The van der Waals surface area contributed by atoms with Crippen LogP contribution in [0.1, 0.15) is 29.5 Å². The van der Waals surface area contributed by atoms with Crippen molar-refractivity contribution >= 4 is 21.5 Å². The first-order valence-electron chi connectivity index (χ1n) is 9.65. The number of alkyl halides is 3. The molecule has 0 nitrogen and oxygen atoms in total. The molecule has 3 heteroatoms. The minimum Gasteiger partial charge on any atom is -0.166 e. The maximum Gasteiger partial charge on any atom is 0.416 e. The summed E-state index contributed by atoms with van der Waals surface area (Å²) in [6.07, 6.45) is 0.436. The summed E-state index contributed by atoms with van der Waals surface area (Å²) in [5, 5.41) is 4.75. The molecule has 0 heterocycles. The Labute approximate surface area is 161 Å². The first-order chi connectivity index (χ1) is 13.5. The Balaban J connectivity index is 1.66. The summed E-state index contributed by atoms with van der Waals surface area (Å²) in [5.74, 6) is 0. The maximum absolute atomic E-state index is 13.0. The lowest BCUT2D eigenvalue weighted by atomic mass is 9.86. The van der Waals surface area contributed by atoms with E-state index in [1.54, 1.807) is 6.07 Å². The minimum atomic E-state index is -4.33. The van der Waals surface area contributed by atoms with E-state index in [0.717, 1.165) is 35.2 Å². The van der Waals surface area contributed by atoms with Crippen LogP contribution >= 0.6 is 0 Å². The standard InChI is InChI=1S/C25H19F3/c26-25(27,28)20-6-3-5-17(15-20)18-9-11-22-19(14-18)10-13-23-21-7-2-1-4-16(21)8-12-24(22)23/h3,5-6,8-15H,1-2,4,7H2. The lowest BCUT2D eigenvalue weighted by Crippen LogP contribution is -2.04. The predicted octanol–water partition coefficient (Wildman–Crippen LogP) is 7.56. The van der Waals surface area contributed by atoms with Gasteiger partial charge in [-0.1, -0.05) is 48.5 Å². The fourth-order valence-electron chi connectivity index (χ4n) is 4.46. The summed E-state index contributed by atoms with van der Waals surface area (Å²) in [6, 6.07) is 20.2. The van der Waals surface area contributed by atoms with E-state index in [-0.39, 0.29) is 0 Å². The molecule has 140 valence electrons. The third-order valence-electron chi connectivity index (χ3n) is 5.87. The summed E-state index contributed by atoms with van der Waals surface area (Å²) in [6.45, 7) is 0. The highest BCUT2D eigenvalue weighted by atomic mass is 19.4. The monoisotopic (exact) mass is 376 g/mol. The van der Waals surface area contributed by atoms with Gasteiger partial charge in [-0.15, -0.1) is 0 Å². The van der Waals surface area contributed by atoms with Gasteiger partial charge >= 0.3 is 6.18 Å². The fraction of sp³-hybridized carbons (Fsp3) is 0.200. The summed E-state index contributed by atoms with van der Waals surface area (Å²) in [4.78, 5) is 0. The predicted molar refractivity (Wildman–Crippen MR) is 109 cm³/mol. The van der Waals surface area contributed by atoms with Crippen molar-refractivity contribution in [3.05, 3.63) is 83.4 Å².